The number of hydrogen-bond donors (Lipinski definition) is 2. The Balaban J connectivity index is 2.18. The Morgan fingerprint density at radius 3 is 1.21 bits per heavy atom. The van der Waals surface area contributed by atoms with Crippen LogP contribution in [-0.4, -0.2) is 26.3 Å². The van der Waals surface area contributed by atoms with Crippen molar-refractivity contribution in [3.8, 4) is 0 Å². The summed E-state index contributed by atoms with van der Waals surface area (Å²) >= 11 is 0. The zero-order chi connectivity index (χ0) is 11.0. The molecule has 1 aliphatic rings. The average Bonchev–Trinajstić information content (AvgIpc) is 1.75. The third-order valence-electron chi connectivity index (χ3n) is 1.42. The summed E-state index contributed by atoms with van der Waals surface area (Å²) in [5.74, 6) is 0. The van der Waals surface area contributed by atoms with Gasteiger partial charge >= 0.3 is 15.1 Å². The van der Waals surface area contributed by atoms with Crippen LogP contribution in [0.4, 0.5) is 0 Å². The molecule has 0 atom stereocenters. The lowest BCUT2D eigenvalue weighted by Gasteiger charge is -2.56. The van der Waals surface area contributed by atoms with E-state index in [1.54, 1.807) is 0 Å². The highest BCUT2D eigenvalue weighted by molar-refractivity contribution is 6.40. The van der Waals surface area contributed by atoms with Crippen LogP contribution in [-0.2, 0) is 9.68 Å². The smallest absolute Gasteiger partial charge is 0.309 e. The SMILES string of the molecule is CC(C)(C)O[NH+]1[B-][NH+](OC(C)(C)C)[B-]1. The highest BCUT2D eigenvalue weighted by Gasteiger charge is 2.26. The molecule has 0 spiro atoms. The summed E-state index contributed by atoms with van der Waals surface area (Å²) in [5, 5.41) is 0. The normalized spacial score (nSPS) is 28.7. The molecule has 0 aromatic heterocycles. The Morgan fingerprint density at radius 1 is 0.714 bits per heavy atom. The number of quaternary nitrogens is 2. The highest BCUT2D eigenvalue weighted by atomic mass is 16.7. The van der Waals surface area contributed by atoms with Gasteiger partial charge < -0.3 is 9.77 Å². The Morgan fingerprint density at radius 2 is 1.00 bits per heavy atom. The first-order valence-electron chi connectivity index (χ1n) is 4.97. The molecule has 1 heterocycles. The van der Waals surface area contributed by atoms with Crippen molar-refractivity contribution in [2.24, 2.45) is 0 Å². The van der Waals surface area contributed by atoms with Crippen LogP contribution in [0.3, 0.4) is 0 Å². The maximum Gasteiger partial charge on any atom is 0.309 e. The molecule has 0 aromatic rings. The third-order valence-corrected chi connectivity index (χ3v) is 1.42. The molecular formula is C8H20B2N2O2. The van der Waals surface area contributed by atoms with Crippen LogP contribution >= 0.6 is 0 Å². The van der Waals surface area contributed by atoms with Gasteiger partial charge in [-0.25, -0.2) is 0 Å². The largest absolute Gasteiger partial charge is 0.545 e. The van der Waals surface area contributed by atoms with Crippen molar-refractivity contribution in [1.82, 2.24) is 0 Å². The van der Waals surface area contributed by atoms with Gasteiger partial charge in [0.05, 0.1) is 0 Å². The van der Waals surface area contributed by atoms with E-state index < -0.39 is 0 Å². The van der Waals surface area contributed by atoms with Crippen molar-refractivity contribution in [2.45, 2.75) is 52.7 Å². The summed E-state index contributed by atoms with van der Waals surface area (Å²) in [7, 11) is 3.85. The lowest BCUT2D eigenvalue weighted by atomic mass is 9.81. The summed E-state index contributed by atoms with van der Waals surface area (Å²) in [6, 6.07) is 0. The van der Waals surface area contributed by atoms with Crippen LogP contribution in [0.2, 0.25) is 0 Å². The standard InChI is InChI=1S/C8H20B2N2O2/c1-7(2,3)13-11-9-12(10-11)14-8(4,5)6/h11-12H,1-6H3. The molecule has 14 heavy (non-hydrogen) atoms. The highest BCUT2D eigenvalue weighted by Crippen LogP contribution is 2.02. The van der Waals surface area contributed by atoms with Crippen molar-refractivity contribution in [1.29, 1.82) is 0 Å². The maximum atomic E-state index is 5.62. The number of hydrogen-bond acceptors (Lipinski definition) is 2. The van der Waals surface area contributed by atoms with Crippen molar-refractivity contribution in [3.05, 3.63) is 0 Å². The molecule has 0 aliphatic carbocycles. The second-order valence-corrected chi connectivity index (χ2v) is 5.52. The molecule has 1 fully saturated rings. The quantitative estimate of drug-likeness (QED) is 0.517. The van der Waals surface area contributed by atoms with Gasteiger partial charge in [-0.3, -0.25) is 9.68 Å². The van der Waals surface area contributed by atoms with E-state index in [1.165, 1.54) is 0 Å². The van der Waals surface area contributed by atoms with E-state index in [2.05, 4.69) is 0 Å². The van der Waals surface area contributed by atoms with Gasteiger partial charge in [-0.05, 0) is 41.5 Å². The fraction of sp³-hybridized carbons (Fsp3) is 1.00. The van der Waals surface area contributed by atoms with E-state index in [4.69, 9.17) is 9.68 Å². The molecule has 2 N–H and O–H groups in total. The van der Waals surface area contributed by atoms with Crippen LogP contribution in [0.25, 0.3) is 0 Å². The first kappa shape index (κ1) is 12.0. The van der Waals surface area contributed by atoms with Crippen LogP contribution < -0.4 is 9.77 Å². The molecule has 0 aromatic carbocycles. The van der Waals surface area contributed by atoms with Crippen molar-refractivity contribution < 1.29 is 19.4 Å². The Hall–Kier alpha value is -0.0301. The Bertz CT molecular complexity index is 174. The number of nitrogens with one attached hydrogen (secondary N) is 2. The van der Waals surface area contributed by atoms with Gasteiger partial charge in [0.25, 0.3) is 0 Å². The maximum absolute atomic E-state index is 5.62. The summed E-state index contributed by atoms with van der Waals surface area (Å²) in [6.07, 6.45) is 0. The van der Waals surface area contributed by atoms with E-state index >= 15 is 0 Å². The first-order valence-corrected chi connectivity index (χ1v) is 4.97. The van der Waals surface area contributed by atoms with E-state index in [9.17, 15) is 0 Å². The van der Waals surface area contributed by atoms with Gasteiger partial charge in [0.1, 0.15) is 11.2 Å². The zero-order valence-corrected chi connectivity index (χ0v) is 9.97. The Labute approximate surface area is 88.0 Å². The molecule has 0 bridgehead atoms. The minimum absolute atomic E-state index is 0.129. The van der Waals surface area contributed by atoms with E-state index in [0.717, 1.165) is 9.77 Å². The second-order valence-electron chi connectivity index (χ2n) is 5.52. The molecule has 0 unspecified atom stereocenters. The van der Waals surface area contributed by atoms with Gasteiger partial charge in [-0.2, -0.15) is 0 Å². The van der Waals surface area contributed by atoms with E-state index in [-0.39, 0.29) is 11.2 Å². The molecule has 1 aliphatic heterocycles. The minimum atomic E-state index is -0.129. The van der Waals surface area contributed by atoms with Gasteiger partial charge in [-0.1, -0.05) is 0 Å². The van der Waals surface area contributed by atoms with Gasteiger partial charge in [-0.15, -0.1) is 0 Å². The van der Waals surface area contributed by atoms with E-state index in [1.807, 2.05) is 56.6 Å². The molecule has 6 heteroatoms. The molecule has 0 saturated carbocycles. The Kier molecular flexibility index (Phi) is 3.31. The van der Waals surface area contributed by atoms with Crippen LogP contribution in [0.5, 0.6) is 0 Å². The lowest BCUT2D eigenvalue weighted by Crippen LogP contribution is -3.54. The first-order chi connectivity index (χ1) is 6.16. The average molecular weight is 198 g/mol. The van der Waals surface area contributed by atoms with Crippen LogP contribution in [0.1, 0.15) is 41.5 Å². The van der Waals surface area contributed by atoms with Gasteiger partial charge in [0.15, 0.2) is 0 Å². The van der Waals surface area contributed by atoms with Crippen molar-refractivity contribution >= 4 is 15.1 Å². The van der Waals surface area contributed by atoms with Gasteiger partial charge in [0, 0.05) is 0 Å². The van der Waals surface area contributed by atoms with E-state index in [0.29, 0.717) is 0 Å². The second kappa shape index (κ2) is 3.85. The topological polar surface area (TPSA) is 27.3 Å². The molecule has 1 rings (SSSR count). The predicted octanol–water partition coefficient (Wildman–Crippen LogP) is -1.70. The predicted molar refractivity (Wildman–Crippen MR) is 55.1 cm³/mol. The van der Waals surface area contributed by atoms with Gasteiger partial charge in [0.2, 0.25) is 0 Å². The molecule has 80 valence electrons. The molecule has 1 saturated heterocycles. The fourth-order valence-electron chi connectivity index (χ4n) is 1.09. The minimum Gasteiger partial charge on any atom is -0.545 e. The fourth-order valence-corrected chi connectivity index (χ4v) is 1.09. The van der Waals surface area contributed by atoms with Crippen molar-refractivity contribution in [3.63, 3.8) is 0 Å². The van der Waals surface area contributed by atoms with Crippen molar-refractivity contribution in [2.75, 3.05) is 0 Å². The third kappa shape index (κ3) is 4.46. The summed E-state index contributed by atoms with van der Waals surface area (Å²) < 4.78 is 0. The molecule has 4 nitrogen and oxygen atoms in total. The van der Waals surface area contributed by atoms with Crippen LogP contribution in [0.15, 0.2) is 0 Å². The summed E-state index contributed by atoms with van der Waals surface area (Å²) in [4.78, 5) is 13.0. The zero-order valence-electron chi connectivity index (χ0n) is 9.97. The molecular weight excluding hydrogens is 178 g/mol. The molecule has 0 amide bonds. The summed E-state index contributed by atoms with van der Waals surface area (Å²) in [5.41, 5.74) is -0.259. The number of rotatable bonds is 2. The summed E-state index contributed by atoms with van der Waals surface area (Å²) in [6.45, 7) is 12.2. The lowest BCUT2D eigenvalue weighted by molar-refractivity contribution is -1.12. The monoisotopic (exact) mass is 198 g/mol. The van der Waals surface area contributed by atoms with Crippen LogP contribution in [0, 0.1) is 0 Å². The molecule has 4 radical (unpaired) electrons.